The minimum Gasteiger partial charge on any atom is -0.494 e. The SMILES string of the molecule is CC1CCC(c2cc(OCc3ccccc3)c3c(Cl)nccc3n2)CO1.COc1cccc(F)c1F. The van der Waals surface area contributed by atoms with E-state index in [2.05, 4.69) is 16.6 Å². The van der Waals surface area contributed by atoms with Crippen LogP contribution in [0.5, 0.6) is 11.5 Å². The molecule has 2 atom stereocenters. The molecule has 4 aromatic rings. The van der Waals surface area contributed by atoms with Crippen LogP contribution in [0.1, 0.15) is 36.9 Å². The highest BCUT2D eigenvalue weighted by molar-refractivity contribution is 6.34. The fraction of sp³-hybridized carbons (Fsp3) is 0.286. The minimum atomic E-state index is -0.940. The number of benzene rings is 2. The molecule has 188 valence electrons. The van der Waals surface area contributed by atoms with Crippen molar-refractivity contribution < 1.29 is 23.0 Å². The van der Waals surface area contributed by atoms with Gasteiger partial charge in [0, 0.05) is 18.2 Å². The van der Waals surface area contributed by atoms with Crippen molar-refractivity contribution in [3.8, 4) is 11.5 Å². The molecule has 0 saturated carbocycles. The first-order chi connectivity index (χ1) is 17.5. The van der Waals surface area contributed by atoms with E-state index >= 15 is 0 Å². The van der Waals surface area contributed by atoms with Gasteiger partial charge in [0.1, 0.15) is 17.5 Å². The monoisotopic (exact) mass is 512 g/mol. The van der Waals surface area contributed by atoms with Gasteiger partial charge in [0.15, 0.2) is 11.6 Å². The Morgan fingerprint density at radius 1 is 1.03 bits per heavy atom. The molecule has 36 heavy (non-hydrogen) atoms. The highest BCUT2D eigenvalue weighted by Gasteiger charge is 2.23. The Kier molecular flexibility index (Phi) is 8.67. The third-order valence-electron chi connectivity index (χ3n) is 5.95. The van der Waals surface area contributed by atoms with Gasteiger partial charge in [-0.25, -0.2) is 9.37 Å². The van der Waals surface area contributed by atoms with E-state index in [0.717, 1.165) is 46.8 Å². The molecule has 0 amide bonds. The molecule has 0 spiro atoms. The lowest BCUT2D eigenvalue weighted by molar-refractivity contribution is 0.0147. The van der Waals surface area contributed by atoms with E-state index in [-0.39, 0.29) is 11.7 Å². The number of rotatable bonds is 5. The Hall–Kier alpha value is -3.29. The predicted octanol–water partition coefficient (Wildman–Crippen LogP) is 7.12. The van der Waals surface area contributed by atoms with Crippen LogP contribution in [-0.4, -0.2) is 29.8 Å². The molecule has 1 aliphatic rings. The van der Waals surface area contributed by atoms with Crippen LogP contribution in [0.4, 0.5) is 8.78 Å². The predicted molar refractivity (Wildman–Crippen MR) is 136 cm³/mol. The Morgan fingerprint density at radius 3 is 2.53 bits per heavy atom. The first-order valence-electron chi connectivity index (χ1n) is 11.7. The summed E-state index contributed by atoms with van der Waals surface area (Å²) in [5.74, 6) is -0.892. The van der Waals surface area contributed by atoms with Gasteiger partial charge in [0.2, 0.25) is 5.82 Å². The number of hydrogen-bond donors (Lipinski definition) is 0. The fourth-order valence-corrected chi connectivity index (χ4v) is 4.19. The van der Waals surface area contributed by atoms with E-state index in [9.17, 15) is 8.78 Å². The second-order valence-electron chi connectivity index (χ2n) is 8.49. The number of nitrogens with zero attached hydrogens (tertiary/aromatic N) is 2. The molecular weight excluding hydrogens is 486 g/mol. The van der Waals surface area contributed by atoms with Gasteiger partial charge in [-0.15, -0.1) is 0 Å². The van der Waals surface area contributed by atoms with Crippen molar-refractivity contribution in [3.05, 3.63) is 94.9 Å². The van der Waals surface area contributed by atoms with E-state index in [4.69, 9.17) is 26.1 Å². The van der Waals surface area contributed by atoms with Crippen molar-refractivity contribution in [1.29, 1.82) is 0 Å². The van der Waals surface area contributed by atoms with Crippen LogP contribution in [0.25, 0.3) is 10.9 Å². The molecule has 5 nitrogen and oxygen atoms in total. The van der Waals surface area contributed by atoms with E-state index in [1.807, 2.05) is 42.5 Å². The summed E-state index contributed by atoms with van der Waals surface area (Å²) >= 11 is 6.35. The van der Waals surface area contributed by atoms with Crippen LogP contribution in [0, 0.1) is 11.6 Å². The maximum absolute atomic E-state index is 12.5. The lowest BCUT2D eigenvalue weighted by atomic mass is 9.95. The Balaban J connectivity index is 0.000000256. The highest BCUT2D eigenvalue weighted by atomic mass is 35.5. The molecule has 8 heteroatoms. The Labute approximate surface area is 214 Å². The number of fused-ring (bicyclic) bond motifs is 1. The maximum Gasteiger partial charge on any atom is 0.200 e. The zero-order valence-electron chi connectivity index (χ0n) is 20.1. The smallest absolute Gasteiger partial charge is 0.200 e. The highest BCUT2D eigenvalue weighted by Crippen LogP contribution is 2.35. The molecule has 2 unspecified atom stereocenters. The summed E-state index contributed by atoms with van der Waals surface area (Å²) < 4.78 is 41.3. The van der Waals surface area contributed by atoms with Gasteiger partial charge < -0.3 is 14.2 Å². The van der Waals surface area contributed by atoms with Gasteiger partial charge in [-0.1, -0.05) is 48.0 Å². The first-order valence-corrected chi connectivity index (χ1v) is 12.1. The maximum atomic E-state index is 12.5. The number of ether oxygens (including phenoxy) is 3. The van der Waals surface area contributed by atoms with Crippen LogP contribution in [0.2, 0.25) is 5.15 Å². The van der Waals surface area contributed by atoms with E-state index in [0.29, 0.717) is 24.5 Å². The minimum absolute atomic E-state index is 0.0694. The quantitative estimate of drug-likeness (QED) is 0.266. The summed E-state index contributed by atoms with van der Waals surface area (Å²) in [6.45, 7) is 3.28. The van der Waals surface area contributed by atoms with Crippen LogP contribution in [0.3, 0.4) is 0 Å². The van der Waals surface area contributed by atoms with Crippen molar-refractivity contribution in [1.82, 2.24) is 9.97 Å². The van der Waals surface area contributed by atoms with Gasteiger partial charge in [-0.05, 0) is 43.5 Å². The number of pyridine rings is 2. The molecule has 1 aliphatic heterocycles. The number of aromatic nitrogens is 2. The van der Waals surface area contributed by atoms with Crippen LogP contribution < -0.4 is 9.47 Å². The molecule has 1 fully saturated rings. The molecule has 0 N–H and O–H groups in total. The standard InChI is InChI=1S/C21H21ClN2O2.C7H6F2O/c1-14-7-8-16(13-25-14)18-11-19(26-12-15-5-3-2-4-6-15)20-17(24-18)9-10-23-21(20)22;1-10-6-4-2-3-5(8)7(6)9/h2-6,9-11,14,16H,7-8,12-13H2,1H3;2-4H,1H3. The molecule has 5 rings (SSSR count). The van der Waals surface area contributed by atoms with Crippen molar-refractivity contribution in [2.45, 2.75) is 38.4 Å². The van der Waals surface area contributed by atoms with Crippen LogP contribution in [-0.2, 0) is 11.3 Å². The topological polar surface area (TPSA) is 53.5 Å². The summed E-state index contributed by atoms with van der Waals surface area (Å²) in [4.78, 5) is 9.01. The van der Waals surface area contributed by atoms with Crippen LogP contribution >= 0.6 is 11.6 Å². The summed E-state index contributed by atoms with van der Waals surface area (Å²) in [7, 11) is 1.29. The Bertz CT molecular complexity index is 1300. The Morgan fingerprint density at radius 2 is 1.83 bits per heavy atom. The lowest BCUT2D eigenvalue weighted by Crippen LogP contribution is -2.22. The molecule has 2 aromatic carbocycles. The third-order valence-corrected chi connectivity index (χ3v) is 6.24. The second-order valence-corrected chi connectivity index (χ2v) is 8.85. The molecule has 0 bridgehead atoms. The summed E-state index contributed by atoms with van der Waals surface area (Å²) in [6, 6.07) is 17.8. The summed E-state index contributed by atoms with van der Waals surface area (Å²) in [5.41, 5.74) is 2.91. The zero-order valence-corrected chi connectivity index (χ0v) is 20.8. The molecule has 2 aromatic heterocycles. The molecule has 0 radical (unpaired) electrons. The number of halogens is 3. The molecule has 0 aliphatic carbocycles. The van der Waals surface area contributed by atoms with Gasteiger partial charge in [0.25, 0.3) is 0 Å². The molecule has 3 heterocycles. The van der Waals surface area contributed by atoms with Gasteiger partial charge >= 0.3 is 0 Å². The lowest BCUT2D eigenvalue weighted by Gasteiger charge is -2.27. The van der Waals surface area contributed by atoms with E-state index in [1.54, 1.807) is 6.20 Å². The van der Waals surface area contributed by atoms with Crippen molar-refractivity contribution in [2.75, 3.05) is 13.7 Å². The van der Waals surface area contributed by atoms with Crippen molar-refractivity contribution in [3.63, 3.8) is 0 Å². The largest absolute Gasteiger partial charge is 0.494 e. The third kappa shape index (κ3) is 6.28. The first kappa shape index (κ1) is 25.8. The van der Waals surface area contributed by atoms with Gasteiger partial charge in [-0.3, -0.25) is 4.98 Å². The average molecular weight is 513 g/mol. The summed E-state index contributed by atoms with van der Waals surface area (Å²) in [5, 5.41) is 1.18. The average Bonchev–Trinajstić information content (AvgIpc) is 2.90. The van der Waals surface area contributed by atoms with Crippen molar-refractivity contribution >= 4 is 22.5 Å². The van der Waals surface area contributed by atoms with Gasteiger partial charge in [-0.2, -0.15) is 4.39 Å². The van der Waals surface area contributed by atoms with Crippen molar-refractivity contribution in [2.24, 2.45) is 0 Å². The zero-order chi connectivity index (χ0) is 25.5. The normalized spacial score (nSPS) is 17.2. The fourth-order valence-electron chi connectivity index (χ4n) is 3.94. The number of methoxy groups -OCH3 is 1. The van der Waals surface area contributed by atoms with Crippen LogP contribution in [0.15, 0.2) is 66.9 Å². The number of hydrogen-bond acceptors (Lipinski definition) is 5. The second kappa shape index (κ2) is 12.1. The summed E-state index contributed by atoms with van der Waals surface area (Å²) in [6.07, 6.45) is 4.11. The molecule has 1 saturated heterocycles. The molecular formula is C28H27ClF2N2O3. The van der Waals surface area contributed by atoms with Gasteiger partial charge in [0.05, 0.1) is 36.4 Å². The van der Waals surface area contributed by atoms with E-state index in [1.165, 1.54) is 19.2 Å². The van der Waals surface area contributed by atoms with E-state index < -0.39 is 11.6 Å².